The summed E-state index contributed by atoms with van der Waals surface area (Å²) < 4.78 is 0. The number of hydrogen-bond acceptors (Lipinski definition) is 3. The second kappa shape index (κ2) is 7.10. The van der Waals surface area contributed by atoms with E-state index in [1.165, 1.54) is 25.3 Å². The molecular weight excluding hydrogens is 352 g/mol. The Morgan fingerprint density at radius 1 is 1.15 bits per heavy atom. The minimum Gasteiger partial charge on any atom is -0.506 e. The Hall–Kier alpha value is -1.75. The molecule has 0 unspecified atom stereocenters. The quantitative estimate of drug-likeness (QED) is 0.788. The minimum absolute atomic E-state index is 0.00568. The number of carbonyl (C=O) groups excluding carboxylic acids is 2. The van der Waals surface area contributed by atoms with Crippen molar-refractivity contribution in [2.75, 3.05) is 18.4 Å². The molecule has 2 N–H and O–H groups in total. The number of piperidine rings is 1. The molecule has 2 aliphatic carbocycles. The largest absolute Gasteiger partial charge is 0.506 e. The van der Waals surface area contributed by atoms with E-state index in [4.69, 9.17) is 11.6 Å². The van der Waals surface area contributed by atoms with Crippen LogP contribution in [0, 0.1) is 23.7 Å². The lowest BCUT2D eigenvalue weighted by Crippen LogP contribution is -2.42. The number of nitrogens with zero attached hydrogens (tertiary/aromatic N) is 1. The molecule has 0 radical (unpaired) electrons. The van der Waals surface area contributed by atoms with Gasteiger partial charge in [-0.15, -0.1) is 0 Å². The van der Waals surface area contributed by atoms with E-state index >= 15 is 0 Å². The van der Waals surface area contributed by atoms with Crippen molar-refractivity contribution in [1.82, 2.24) is 4.90 Å². The Morgan fingerprint density at radius 3 is 2.54 bits per heavy atom. The van der Waals surface area contributed by atoms with Gasteiger partial charge in [-0.2, -0.15) is 0 Å². The van der Waals surface area contributed by atoms with E-state index in [0.29, 0.717) is 48.5 Å². The van der Waals surface area contributed by atoms with Crippen LogP contribution in [0.5, 0.6) is 5.75 Å². The maximum atomic E-state index is 12.6. The van der Waals surface area contributed by atoms with Crippen LogP contribution in [-0.4, -0.2) is 34.9 Å². The Kier molecular flexibility index (Phi) is 4.82. The molecule has 1 heterocycles. The lowest BCUT2D eigenvalue weighted by molar-refractivity contribution is -0.136. The van der Waals surface area contributed by atoms with Gasteiger partial charge in [-0.25, -0.2) is 0 Å². The first-order valence-corrected chi connectivity index (χ1v) is 9.99. The molecule has 1 aromatic rings. The Balaban J connectivity index is 1.27. The third-order valence-corrected chi connectivity index (χ3v) is 6.54. The van der Waals surface area contributed by atoms with Gasteiger partial charge < -0.3 is 15.3 Å². The Labute approximate surface area is 158 Å². The monoisotopic (exact) mass is 376 g/mol. The van der Waals surface area contributed by atoms with Gasteiger partial charge in [0.05, 0.1) is 5.69 Å². The summed E-state index contributed by atoms with van der Waals surface area (Å²) in [4.78, 5) is 27.1. The highest BCUT2D eigenvalue weighted by Gasteiger charge is 2.50. The van der Waals surface area contributed by atoms with Crippen LogP contribution in [0.1, 0.15) is 38.5 Å². The number of phenols is 1. The summed E-state index contributed by atoms with van der Waals surface area (Å²) in [5.74, 6) is 1.71. The first-order valence-electron chi connectivity index (χ1n) is 9.61. The minimum atomic E-state index is -0.140. The van der Waals surface area contributed by atoms with Gasteiger partial charge in [-0.05, 0) is 49.3 Å². The number of benzene rings is 1. The molecule has 1 saturated heterocycles. The van der Waals surface area contributed by atoms with Crippen molar-refractivity contribution in [3.8, 4) is 5.75 Å². The van der Waals surface area contributed by atoms with Crippen molar-refractivity contribution in [2.45, 2.75) is 38.5 Å². The van der Waals surface area contributed by atoms with Crippen LogP contribution in [0.25, 0.3) is 0 Å². The molecule has 1 aromatic carbocycles. The second-order valence-corrected chi connectivity index (χ2v) is 8.38. The zero-order valence-corrected chi connectivity index (χ0v) is 15.5. The highest BCUT2D eigenvalue weighted by molar-refractivity contribution is 6.31. The van der Waals surface area contributed by atoms with Gasteiger partial charge in [-0.1, -0.05) is 30.9 Å². The fourth-order valence-corrected chi connectivity index (χ4v) is 4.50. The van der Waals surface area contributed by atoms with Crippen LogP contribution < -0.4 is 5.32 Å². The number of carbonyl (C=O) groups is 2. The van der Waals surface area contributed by atoms with Gasteiger partial charge in [0, 0.05) is 29.9 Å². The molecule has 0 bridgehead atoms. The second-order valence-electron chi connectivity index (χ2n) is 7.95. The van der Waals surface area contributed by atoms with E-state index in [1.807, 2.05) is 4.90 Å². The first kappa shape index (κ1) is 17.7. The molecule has 2 amide bonds. The van der Waals surface area contributed by atoms with E-state index in [2.05, 4.69) is 5.32 Å². The summed E-state index contributed by atoms with van der Waals surface area (Å²) in [6.45, 7) is 1.29. The molecule has 4 rings (SSSR count). The van der Waals surface area contributed by atoms with E-state index in [-0.39, 0.29) is 23.5 Å². The third-order valence-electron chi connectivity index (χ3n) is 6.31. The predicted octanol–water partition coefficient (Wildman–Crippen LogP) is 3.66. The third kappa shape index (κ3) is 3.54. The molecule has 0 spiro atoms. The van der Waals surface area contributed by atoms with Gasteiger partial charge in [-0.3, -0.25) is 9.59 Å². The predicted molar refractivity (Wildman–Crippen MR) is 100.0 cm³/mol. The normalized spacial score (nSPS) is 26.3. The summed E-state index contributed by atoms with van der Waals surface area (Å²) >= 11 is 5.92. The van der Waals surface area contributed by atoms with E-state index < -0.39 is 0 Å². The van der Waals surface area contributed by atoms with Crippen molar-refractivity contribution in [1.29, 1.82) is 0 Å². The van der Waals surface area contributed by atoms with Crippen LogP contribution in [0.3, 0.4) is 0 Å². The van der Waals surface area contributed by atoms with Crippen LogP contribution in [-0.2, 0) is 9.59 Å². The molecule has 3 aliphatic rings. The van der Waals surface area contributed by atoms with Crippen molar-refractivity contribution >= 4 is 29.1 Å². The van der Waals surface area contributed by atoms with Crippen molar-refractivity contribution in [3.05, 3.63) is 23.2 Å². The zero-order valence-electron chi connectivity index (χ0n) is 14.8. The highest BCUT2D eigenvalue weighted by Crippen LogP contribution is 2.52. The summed E-state index contributed by atoms with van der Waals surface area (Å²) in [6, 6.07) is 4.58. The number of hydrogen-bond donors (Lipinski definition) is 2. The molecule has 3 fully saturated rings. The van der Waals surface area contributed by atoms with Gasteiger partial charge in [0.15, 0.2) is 0 Å². The van der Waals surface area contributed by atoms with Crippen molar-refractivity contribution < 1.29 is 14.7 Å². The molecule has 2 atom stereocenters. The molecule has 5 nitrogen and oxygen atoms in total. The van der Waals surface area contributed by atoms with Crippen LogP contribution >= 0.6 is 11.6 Å². The van der Waals surface area contributed by atoms with E-state index in [0.717, 1.165) is 12.3 Å². The Morgan fingerprint density at radius 2 is 1.88 bits per heavy atom. The number of aromatic hydroxyl groups is 1. The van der Waals surface area contributed by atoms with Crippen LogP contribution in [0.4, 0.5) is 5.69 Å². The summed E-state index contributed by atoms with van der Waals surface area (Å²) in [6.07, 6.45) is 6.32. The molecule has 2 saturated carbocycles. The molecular formula is C20H25ClN2O3. The molecule has 26 heavy (non-hydrogen) atoms. The number of halogens is 1. The summed E-state index contributed by atoms with van der Waals surface area (Å²) in [5.41, 5.74) is 0.335. The number of phenolic OH excluding ortho intramolecular Hbond substituents is 1. The fourth-order valence-electron chi connectivity index (χ4n) is 4.33. The van der Waals surface area contributed by atoms with Crippen molar-refractivity contribution in [2.24, 2.45) is 23.7 Å². The standard InChI is InChI=1S/C20H25ClN2O3/c21-14-4-5-18(24)17(10-14)22-19(25)13-6-8-23(9-7-13)20(26)16-11-15(16)12-2-1-3-12/h4-5,10,12-13,15-16,24H,1-3,6-9,11H2,(H,22,25)/t15-,16-/m1/s1. The molecule has 140 valence electrons. The summed E-state index contributed by atoms with van der Waals surface area (Å²) in [7, 11) is 0. The number of rotatable bonds is 4. The van der Waals surface area contributed by atoms with Gasteiger partial charge in [0.2, 0.25) is 11.8 Å². The number of nitrogens with one attached hydrogen (secondary N) is 1. The lowest BCUT2D eigenvalue weighted by Gasteiger charge is -2.32. The lowest BCUT2D eigenvalue weighted by atomic mass is 9.81. The molecule has 0 aromatic heterocycles. The number of amides is 2. The number of anilines is 1. The maximum Gasteiger partial charge on any atom is 0.227 e. The average Bonchev–Trinajstić information content (AvgIpc) is 3.36. The zero-order chi connectivity index (χ0) is 18.3. The van der Waals surface area contributed by atoms with Gasteiger partial charge in [0.25, 0.3) is 0 Å². The average molecular weight is 377 g/mol. The highest BCUT2D eigenvalue weighted by atomic mass is 35.5. The van der Waals surface area contributed by atoms with Crippen molar-refractivity contribution in [3.63, 3.8) is 0 Å². The Bertz CT molecular complexity index is 711. The van der Waals surface area contributed by atoms with E-state index in [9.17, 15) is 14.7 Å². The smallest absolute Gasteiger partial charge is 0.227 e. The summed E-state index contributed by atoms with van der Waals surface area (Å²) in [5, 5.41) is 13.1. The van der Waals surface area contributed by atoms with Gasteiger partial charge >= 0.3 is 0 Å². The van der Waals surface area contributed by atoms with Gasteiger partial charge in [0.1, 0.15) is 5.75 Å². The molecule has 6 heteroatoms. The maximum absolute atomic E-state index is 12.6. The fraction of sp³-hybridized carbons (Fsp3) is 0.600. The number of likely N-dealkylation sites (tertiary alicyclic amines) is 1. The molecule has 1 aliphatic heterocycles. The van der Waals surface area contributed by atoms with Crippen LogP contribution in [0.15, 0.2) is 18.2 Å². The SMILES string of the molecule is O=C(Nc1cc(Cl)ccc1O)C1CCN(C(=O)[C@@H]2C[C@@H]2C2CCC2)CC1. The van der Waals surface area contributed by atoms with E-state index in [1.54, 1.807) is 12.1 Å². The van der Waals surface area contributed by atoms with Crippen LogP contribution in [0.2, 0.25) is 5.02 Å². The first-order chi connectivity index (χ1) is 12.5. The topological polar surface area (TPSA) is 69.6 Å².